The molecule has 0 aliphatic heterocycles. The highest BCUT2D eigenvalue weighted by Gasteiger charge is 2.06. The van der Waals surface area contributed by atoms with Crippen molar-refractivity contribution in [3.8, 4) is 5.75 Å². The number of hydrogen-bond donors (Lipinski definition) is 3. The highest BCUT2D eigenvalue weighted by Crippen LogP contribution is 2.13. The van der Waals surface area contributed by atoms with Gasteiger partial charge < -0.3 is 10.1 Å². The third kappa shape index (κ3) is 5.52. The Labute approximate surface area is 138 Å². The van der Waals surface area contributed by atoms with Crippen LogP contribution >= 0.6 is 11.6 Å². The standard InChI is InChI=1S/C16H16ClN3O3/c1-23-14-8-2-11(3-9-14)10-15(21)19-20-16(22)18-13-6-4-12(17)5-7-13/h2-9H,10H2,1H3,(H,19,21)(H2,18,20,22). The van der Waals surface area contributed by atoms with Crippen molar-refractivity contribution in [3.63, 3.8) is 0 Å². The van der Waals surface area contributed by atoms with Crippen LogP contribution < -0.4 is 20.9 Å². The van der Waals surface area contributed by atoms with Crippen molar-refractivity contribution in [3.05, 3.63) is 59.1 Å². The third-order valence-electron chi connectivity index (χ3n) is 2.94. The summed E-state index contributed by atoms with van der Waals surface area (Å²) in [7, 11) is 1.57. The van der Waals surface area contributed by atoms with Gasteiger partial charge in [0.25, 0.3) is 0 Å². The van der Waals surface area contributed by atoms with E-state index in [2.05, 4.69) is 16.2 Å². The summed E-state index contributed by atoms with van der Waals surface area (Å²) in [5.74, 6) is 0.385. The molecule has 2 aromatic rings. The minimum Gasteiger partial charge on any atom is -0.497 e. The molecular formula is C16H16ClN3O3. The molecule has 0 bridgehead atoms. The number of hydrazine groups is 1. The second-order valence-corrected chi connectivity index (χ2v) is 5.10. The van der Waals surface area contributed by atoms with Gasteiger partial charge in [0.2, 0.25) is 5.91 Å². The predicted molar refractivity (Wildman–Crippen MR) is 88.4 cm³/mol. The van der Waals surface area contributed by atoms with Crippen LogP contribution in [0.5, 0.6) is 5.75 Å². The van der Waals surface area contributed by atoms with Gasteiger partial charge in [-0.1, -0.05) is 23.7 Å². The molecule has 23 heavy (non-hydrogen) atoms. The Hall–Kier alpha value is -2.73. The molecule has 0 saturated carbocycles. The first-order valence-corrected chi connectivity index (χ1v) is 7.19. The first-order chi connectivity index (χ1) is 11.1. The molecule has 0 aliphatic carbocycles. The van der Waals surface area contributed by atoms with Crippen LogP contribution in [0.15, 0.2) is 48.5 Å². The summed E-state index contributed by atoms with van der Waals surface area (Å²) in [6, 6.07) is 13.2. The summed E-state index contributed by atoms with van der Waals surface area (Å²) in [5, 5.41) is 3.14. The summed E-state index contributed by atoms with van der Waals surface area (Å²) < 4.78 is 5.04. The average Bonchev–Trinajstić information content (AvgIpc) is 2.56. The molecule has 0 aliphatic rings. The number of amides is 3. The van der Waals surface area contributed by atoms with Crippen molar-refractivity contribution < 1.29 is 14.3 Å². The second kappa shape index (κ2) is 8.05. The molecule has 0 aromatic heterocycles. The molecule has 0 radical (unpaired) electrons. The molecule has 3 amide bonds. The lowest BCUT2D eigenvalue weighted by Crippen LogP contribution is -2.44. The fraction of sp³-hybridized carbons (Fsp3) is 0.125. The van der Waals surface area contributed by atoms with E-state index in [1.54, 1.807) is 55.6 Å². The zero-order chi connectivity index (χ0) is 16.7. The number of halogens is 1. The molecular weight excluding hydrogens is 318 g/mol. The molecule has 0 atom stereocenters. The van der Waals surface area contributed by atoms with Gasteiger partial charge >= 0.3 is 6.03 Å². The topological polar surface area (TPSA) is 79.5 Å². The lowest BCUT2D eigenvalue weighted by molar-refractivity contribution is -0.121. The van der Waals surface area contributed by atoms with Crippen LogP contribution in [-0.2, 0) is 11.2 Å². The predicted octanol–water partition coefficient (Wildman–Crippen LogP) is 2.74. The minimum absolute atomic E-state index is 0.144. The number of urea groups is 1. The van der Waals surface area contributed by atoms with Crippen molar-refractivity contribution in [1.29, 1.82) is 0 Å². The Morgan fingerprint density at radius 3 is 2.26 bits per heavy atom. The van der Waals surface area contributed by atoms with Gasteiger partial charge in [0.05, 0.1) is 13.5 Å². The second-order valence-electron chi connectivity index (χ2n) is 4.66. The molecule has 0 spiro atoms. The lowest BCUT2D eigenvalue weighted by Gasteiger charge is -2.09. The molecule has 0 fully saturated rings. The summed E-state index contributed by atoms with van der Waals surface area (Å²) in [4.78, 5) is 23.4. The van der Waals surface area contributed by atoms with Crippen LogP contribution in [0.4, 0.5) is 10.5 Å². The van der Waals surface area contributed by atoms with Gasteiger partial charge in [-0.2, -0.15) is 0 Å². The summed E-state index contributed by atoms with van der Waals surface area (Å²) in [6.45, 7) is 0. The number of anilines is 1. The number of benzene rings is 2. The van der Waals surface area contributed by atoms with E-state index in [9.17, 15) is 9.59 Å². The van der Waals surface area contributed by atoms with Crippen LogP contribution in [-0.4, -0.2) is 19.0 Å². The smallest absolute Gasteiger partial charge is 0.337 e. The van der Waals surface area contributed by atoms with Gasteiger partial charge in [-0.25, -0.2) is 10.2 Å². The first kappa shape index (κ1) is 16.6. The SMILES string of the molecule is COc1ccc(CC(=O)NNC(=O)Nc2ccc(Cl)cc2)cc1. The number of methoxy groups -OCH3 is 1. The fourth-order valence-electron chi connectivity index (χ4n) is 1.80. The van der Waals surface area contributed by atoms with E-state index in [0.29, 0.717) is 10.7 Å². The zero-order valence-electron chi connectivity index (χ0n) is 12.4. The average molecular weight is 334 g/mol. The van der Waals surface area contributed by atoms with Gasteiger partial charge in [0.1, 0.15) is 5.75 Å². The van der Waals surface area contributed by atoms with Crippen LogP contribution in [0.1, 0.15) is 5.56 Å². The number of carbonyl (C=O) groups excluding carboxylic acids is 2. The van der Waals surface area contributed by atoms with Crippen LogP contribution in [0.3, 0.4) is 0 Å². The van der Waals surface area contributed by atoms with E-state index < -0.39 is 6.03 Å². The number of ether oxygens (including phenoxy) is 1. The molecule has 7 heteroatoms. The van der Waals surface area contributed by atoms with Crippen molar-refractivity contribution >= 4 is 29.2 Å². The minimum atomic E-state index is -0.546. The lowest BCUT2D eigenvalue weighted by atomic mass is 10.1. The normalized spacial score (nSPS) is 9.83. The number of carbonyl (C=O) groups is 2. The Kier molecular flexibility index (Phi) is 5.82. The summed E-state index contributed by atoms with van der Waals surface area (Å²) in [5.41, 5.74) is 5.99. The van der Waals surface area contributed by atoms with E-state index in [0.717, 1.165) is 11.3 Å². The summed E-state index contributed by atoms with van der Waals surface area (Å²) in [6.07, 6.45) is 0.144. The van der Waals surface area contributed by atoms with E-state index in [-0.39, 0.29) is 12.3 Å². The van der Waals surface area contributed by atoms with Gasteiger partial charge in [-0.3, -0.25) is 10.2 Å². The maximum absolute atomic E-state index is 11.8. The van der Waals surface area contributed by atoms with Crippen molar-refractivity contribution in [2.24, 2.45) is 0 Å². The van der Waals surface area contributed by atoms with Gasteiger partial charge in [-0.05, 0) is 42.0 Å². The largest absolute Gasteiger partial charge is 0.497 e. The van der Waals surface area contributed by atoms with Crippen LogP contribution in [0.2, 0.25) is 5.02 Å². The van der Waals surface area contributed by atoms with Crippen molar-refractivity contribution in [2.75, 3.05) is 12.4 Å². The first-order valence-electron chi connectivity index (χ1n) is 6.81. The molecule has 3 N–H and O–H groups in total. The number of rotatable bonds is 4. The molecule has 120 valence electrons. The van der Waals surface area contributed by atoms with E-state index >= 15 is 0 Å². The van der Waals surface area contributed by atoms with Gasteiger partial charge in [-0.15, -0.1) is 0 Å². The Bertz CT molecular complexity index is 672. The maximum Gasteiger partial charge on any atom is 0.337 e. The van der Waals surface area contributed by atoms with Crippen LogP contribution in [0, 0.1) is 0 Å². The van der Waals surface area contributed by atoms with Crippen LogP contribution in [0.25, 0.3) is 0 Å². The van der Waals surface area contributed by atoms with Crippen molar-refractivity contribution in [2.45, 2.75) is 6.42 Å². The molecule has 0 saturated heterocycles. The maximum atomic E-state index is 11.8. The van der Waals surface area contributed by atoms with E-state index in [1.165, 1.54) is 0 Å². The zero-order valence-corrected chi connectivity index (χ0v) is 13.2. The van der Waals surface area contributed by atoms with Gasteiger partial charge in [0, 0.05) is 10.7 Å². The molecule has 2 rings (SSSR count). The fourth-order valence-corrected chi connectivity index (χ4v) is 1.92. The Morgan fingerprint density at radius 2 is 1.65 bits per heavy atom. The Morgan fingerprint density at radius 1 is 1.00 bits per heavy atom. The highest BCUT2D eigenvalue weighted by molar-refractivity contribution is 6.30. The van der Waals surface area contributed by atoms with E-state index in [1.807, 2.05) is 0 Å². The number of hydrogen-bond acceptors (Lipinski definition) is 3. The number of nitrogens with one attached hydrogen (secondary N) is 3. The monoisotopic (exact) mass is 333 g/mol. The molecule has 2 aromatic carbocycles. The molecule has 0 heterocycles. The third-order valence-corrected chi connectivity index (χ3v) is 3.19. The highest BCUT2D eigenvalue weighted by atomic mass is 35.5. The van der Waals surface area contributed by atoms with Crippen molar-refractivity contribution in [1.82, 2.24) is 10.9 Å². The quantitative estimate of drug-likeness (QED) is 0.753. The Balaban J connectivity index is 1.76. The molecule has 6 nitrogen and oxygen atoms in total. The summed E-state index contributed by atoms with van der Waals surface area (Å²) >= 11 is 5.75. The van der Waals surface area contributed by atoms with Gasteiger partial charge in [0.15, 0.2) is 0 Å². The van der Waals surface area contributed by atoms with E-state index in [4.69, 9.17) is 16.3 Å². The molecule has 0 unspecified atom stereocenters.